The second kappa shape index (κ2) is 5.34. The van der Waals surface area contributed by atoms with Crippen LogP contribution >= 0.6 is 0 Å². The topological polar surface area (TPSA) is 0 Å². The van der Waals surface area contributed by atoms with Crippen LogP contribution in [0, 0.1) is 0 Å². The van der Waals surface area contributed by atoms with Crippen LogP contribution < -0.4 is 5.19 Å². The Morgan fingerprint density at radius 2 is 1.45 bits per heavy atom. The molecule has 0 N–H and O–H groups in total. The number of hydrogen-bond donors (Lipinski definition) is 0. The van der Waals surface area contributed by atoms with Gasteiger partial charge in [-0.2, -0.15) is 0 Å². The molecule has 0 fully saturated rings. The van der Waals surface area contributed by atoms with E-state index >= 15 is 0 Å². The van der Waals surface area contributed by atoms with Gasteiger partial charge >= 0.3 is 0 Å². The quantitative estimate of drug-likeness (QED) is 0.677. The van der Waals surface area contributed by atoms with Gasteiger partial charge in [-0.1, -0.05) is 92.6 Å². The van der Waals surface area contributed by atoms with Gasteiger partial charge in [-0.15, -0.1) is 0 Å². The Hall–Kier alpha value is -1.13. The highest BCUT2D eigenvalue weighted by molar-refractivity contribution is 6.89. The van der Waals surface area contributed by atoms with Crippen molar-refractivity contribution in [1.29, 1.82) is 0 Å². The van der Waals surface area contributed by atoms with E-state index in [1.165, 1.54) is 16.3 Å². The second-order valence-electron chi connectivity index (χ2n) is 7.70. The van der Waals surface area contributed by atoms with Gasteiger partial charge in [0.15, 0.2) is 0 Å². The Balaban J connectivity index is 2.72. The first-order valence-corrected chi connectivity index (χ1v) is 14.5. The molecule has 0 heterocycles. The molecule has 2 aromatic rings. The molecule has 0 aromatic heterocycles. The summed E-state index contributed by atoms with van der Waals surface area (Å²) in [6, 6.07) is 13.4. The van der Waals surface area contributed by atoms with Crippen molar-refractivity contribution in [3.8, 4) is 0 Å². The molecule has 0 bridgehead atoms. The van der Waals surface area contributed by atoms with Gasteiger partial charge in [0, 0.05) is 0 Å². The average Bonchev–Trinajstić information content (AvgIpc) is 2.33. The Kier molecular flexibility index (Phi) is 4.08. The van der Waals surface area contributed by atoms with Gasteiger partial charge in [-0.3, -0.25) is 0 Å². The fraction of sp³-hybridized carbons (Fsp3) is 0.333. The summed E-state index contributed by atoms with van der Waals surface area (Å²) >= 11 is 0. The van der Waals surface area contributed by atoms with Gasteiger partial charge in [-0.05, 0) is 16.3 Å². The summed E-state index contributed by atoms with van der Waals surface area (Å²) in [5, 5.41) is 4.33. The Bertz CT molecular complexity index is 640. The third-order valence-electron chi connectivity index (χ3n) is 3.53. The lowest BCUT2D eigenvalue weighted by atomic mass is 10.0. The Labute approximate surface area is 125 Å². The van der Waals surface area contributed by atoms with Crippen molar-refractivity contribution in [2.24, 2.45) is 0 Å². The number of benzene rings is 2. The molecule has 0 spiro atoms. The zero-order valence-corrected chi connectivity index (χ0v) is 15.6. The van der Waals surface area contributed by atoms with Crippen molar-refractivity contribution < 1.29 is 0 Å². The van der Waals surface area contributed by atoms with Crippen LogP contribution in [0.3, 0.4) is 0 Å². The number of rotatable bonds is 3. The van der Waals surface area contributed by atoms with Gasteiger partial charge in [0.1, 0.15) is 0 Å². The molecule has 0 unspecified atom stereocenters. The lowest BCUT2D eigenvalue weighted by Gasteiger charge is -2.22. The molecule has 0 nitrogen and oxygen atoms in total. The molecule has 0 aliphatic carbocycles. The van der Waals surface area contributed by atoms with Crippen molar-refractivity contribution in [1.82, 2.24) is 0 Å². The van der Waals surface area contributed by atoms with Gasteiger partial charge in [0.2, 0.25) is 0 Å². The monoisotopic (exact) mass is 298 g/mol. The third-order valence-corrected chi connectivity index (χ3v) is 6.75. The summed E-state index contributed by atoms with van der Waals surface area (Å²) in [6.07, 6.45) is 2.40. The first-order chi connectivity index (χ1) is 9.18. The molecule has 2 aromatic carbocycles. The van der Waals surface area contributed by atoms with E-state index in [-0.39, 0.29) is 0 Å². The lowest BCUT2D eigenvalue weighted by Crippen LogP contribution is -2.39. The number of fused-ring (bicyclic) bond motifs is 1. The average molecular weight is 299 g/mol. The summed E-state index contributed by atoms with van der Waals surface area (Å²) < 4.78 is 0. The fourth-order valence-corrected chi connectivity index (χ4v) is 4.74. The maximum absolute atomic E-state index is 2.47. The largest absolute Gasteiger partial charge is 0.0944 e. The fourth-order valence-electron chi connectivity index (χ4n) is 2.46. The zero-order valence-electron chi connectivity index (χ0n) is 13.6. The highest BCUT2D eigenvalue weighted by Crippen LogP contribution is 2.22. The normalized spacial score (nSPS) is 13.3. The van der Waals surface area contributed by atoms with E-state index in [0.717, 1.165) is 0 Å². The van der Waals surface area contributed by atoms with Crippen LogP contribution in [-0.2, 0) is 0 Å². The first kappa shape index (κ1) is 15.3. The molecule has 0 saturated carbocycles. The van der Waals surface area contributed by atoms with Crippen LogP contribution in [0.25, 0.3) is 16.8 Å². The molecule has 0 atom stereocenters. The van der Waals surface area contributed by atoms with Crippen LogP contribution in [-0.4, -0.2) is 16.1 Å². The van der Waals surface area contributed by atoms with E-state index in [0.29, 0.717) is 0 Å². The smallest absolute Gasteiger partial charge is 0.0784 e. The lowest BCUT2D eigenvalue weighted by molar-refractivity contribution is 1.68. The summed E-state index contributed by atoms with van der Waals surface area (Å²) in [4.78, 5) is 0. The number of hydrogen-bond acceptors (Lipinski definition) is 0. The van der Waals surface area contributed by atoms with Crippen LogP contribution in [0.15, 0.2) is 42.1 Å². The van der Waals surface area contributed by atoms with E-state index in [1.54, 1.807) is 5.19 Å². The Morgan fingerprint density at radius 1 is 0.800 bits per heavy atom. The van der Waals surface area contributed by atoms with Crippen molar-refractivity contribution in [3.05, 3.63) is 47.7 Å². The SMILES string of the molecule is C[Si](C)(C)C=Cc1c([Si](C)(C)C)ccc2ccccc12. The van der Waals surface area contributed by atoms with Gasteiger partial charge in [-0.25, -0.2) is 0 Å². The molecule has 0 saturated heterocycles. The van der Waals surface area contributed by atoms with Crippen LogP contribution in [0.5, 0.6) is 0 Å². The maximum Gasteiger partial charge on any atom is 0.0784 e. The van der Waals surface area contributed by atoms with E-state index in [4.69, 9.17) is 0 Å². The van der Waals surface area contributed by atoms with Gasteiger partial charge in [0.25, 0.3) is 0 Å². The van der Waals surface area contributed by atoms with Crippen molar-refractivity contribution in [2.75, 3.05) is 0 Å². The standard InChI is InChI=1S/C18H26Si2/c1-19(2,3)14-13-17-16-10-8-7-9-15(16)11-12-18(17)20(4,5)6/h7-14H,1-6H3. The van der Waals surface area contributed by atoms with Crippen LogP contribution in [0.2, 0.25) is 39.3 Å². The molecular formula is C18H26Si2. The second-order valence-corrected chi connectivity index (χ2v) is 17.8. The highest BCUT2D eigenvalue weighted by Gasteiger charge is 2.20. The predicted octanol–water partition coefficient (Wildman–Crippen LogP) is 5.28. The van der Waals surface area contributed by atoms with E-state index in [9.17, 15) is 0 Å². The Morgan fingerprint density at radius 3 is 2.05 bits per heavy atom. The van der Waals surface area contributed by atoms with E-state index in [1.807, 2.05) is 0 Å². The molecule has 20 heavy (non-hydrogen) atoms. The van der Waals surface area contributed by atoms with Crippen LogP contribution in [0.4, 0.5) is 0 Å². The summed E-state index contributed by atoms with van der Waals surface area (Å²) in [6.45, 7) is 14.5. The van der Waals surface area contributed by atoms with E-state index < -0.39 is 16.1 Å². The maximum atomic E-state index is 2.47. The first-order valence-electron chi connectivity index (χ1n) is 7.40. The minimum Gasteiger partial charge on any atom is -0.0944 e. The van der Waals surface area contributed by atoms with E-state index in [2.05, 4.69) is 87.5 Å². The molecule has 0 aliphatic heterocycles. The molecule has 2 rings (SSSR count). The molecule has 0 amide bonds. The molecule has 0 radical (unpaired) electrons. The summed E-state index contributed by atoms with van der Waals surface area (Å²) in [7, 11) is -2.50. The molecule has 0 aliphatic rings. The summed E-state index contributed by atoms with van der Waals surface area (Å²) in [5.74, 6) is 0. The zero-order chi connectivity index (χ0) is 15.0. The third kappa shape index (κ3) is 3.50. The minimum absolute atomic E-state index is 1.17. The van der Waals surface area contributed by atoms with Gasteiger partial charge in [0.05, 0.1) is 16.1 Å². The van der Waals surface area contributed by atoms with Gasteiger partial charge < -0.3 is 0 Å². The minimum atomic E-state index is -1.33. The van der Waals surface area contributed by atoms with Crippen molar-refractivity contribution in [3.63, 3.8) is 0 Å². The van der Waals surface area contributed by atoms with Crippen molar-refractivity contribution >= 4 is 38.2 Å². The molecular weight excluding hydrogens is 272 g/mol. The van der Waals surface area contributed by atoms with Crippen molar-refractivity contribution in [2.45, 2.75) is 39.3 Å². The highest BCUT2D eigenvalue weighted by atomic mass is 28.3. The van der Waals surface area contributed by atoms with Crippen LogP contribution in [0.1, 0.15) is 5.56 Å². The summed E-state index contributed by atoms with van der Waals surface area (Å²) in [5.41, 5.74) is 3.93. The molecule has 106 valence electrons. The predicted molar refractivity (Wildman–Crippen MR) is 99.3 cm³/mol. The molecule has 2 heteroatoms.